The first-order valence-electron chi connectivity index (χ1n) is 7.27. The van der Waals surface area contributed by atoms with E-state index in [2.05, 4.69) is 15.7 Å². The van der Waals surface area contributed by atoms with Crippen LogP contribution in [0.1, 0.15) is 23.3 Å². The van der Waals surface area contributed by atoms with Crippen LogP contribution >= 0.6 is 12.4 Å². The number of nitrogens with one attached hydrogen (secondary N) is 2. The molecule has 1 amide bonds. The van der Waals surface area contributed by atoms with Gasteiger partial charge in [-0.2, -0.15) is 5.10 Å². The number of halogens is 2. The van der Waals surface area contributed by atoms with Crippen LogP contribution in [-0.4, -0.2) is 36.4 Å². The van der Waals surface area contributed by atoms with Crippen LogP contribution in [0.5, 0.6) is 0 Å². The molecule has 6 nitrogen and oxygen atoms in total. The summed E-state index contributed by atoms with van der Waals surface area (Å²) in [6.45, 7) is 0.291. The number of carbonyl (C=O) groups is 1. The van der Waals surface area contributed by atoms with Crippen molar-refractivity contribution in [2.45, 2.75) is 12.1 Å². The van der Waals surface area contributed by atoms with Gasteiger partial charge < -0.3 is 15.4 Å². The Hall–Kier alpha value is -1.96. The number of methoxy groups -OCH3 is 1. The molecule has 0 aliphatic carbocycles. The van der Waals surface area contributed by atoms with Crippen molar-refractivity contribution in [1.29, 1.82) is 0 Å². The minimum Gasteiger partial charge on any atom is -0.375 e. The lowest BCUT2D eigenvalue weighted by Gasteiger charge is -2.19. The van der Waals surface area contributed by atoms with Crippen LogP contribution in [0.2, 0.25) is 0 Å². The summed E-state index contributed by atoms with van der Waals surface area (Å²) in [5.41, 5.74) is 1.58. The lowest BCUT2D eigenvalue weighted by atomic mass is 10.1. The monoisotopic (exact) mass is 356 g/mol. The number of rotatable bonds is 7. The van der Waals surface area contributed by atoms with Crippen LogP contribution in [0.3, 0.4) is 0 Å². The maximum absolute atomic E-state index is 13.0. The van der Waals surface area contributed by atoms with Crippen molar-refractivity contribution < 1.29 is 13.9 Å². The number of hydrogen-bond donors (Lipinski definition) is 2. The second kappa shape index (κ2) is 9.36. The average molecular weight is 357 g/mol. The lowest BCUT2D eigenvalue weighted by molar-refractivity contribution is -0.123. The van der Waals surface area contributed by atoms with Crippen LogP contribution in [0, 0.1) is 5.82 Å². The standard InChI is InChI=1S/C16H21FN4O2.ClH/c1-18-15(12-8-20-21(2)10-12)16(22)19-9-14(23-3)11-4-6-13(17)7-5-11;/h4-8,10,14-15,18H,9H2,1-3H3,(H,19,22);1H. The van der Waals surface area contributed by atoms with E-state index in [0.29, 0.717) is 6.54 Å². The second-order valence-electron chi connectivity index (χ2n) is 5.19. The Kier molecular flexibility index (Phi) is 7.84. The highest BCUT2D eigenvalue weighted by Crippen LogP contribution is 2.17. The third kappa shape index (κ3) is 5.02. The Morgan fingerprint density at radius 1 is 1.33 bits per heavy atom. The number of nitrogens with zero attached hydrogens (tertiary/aromatic N) is 2. The highest BCUT2D eigenvalue weighted by Gasteiger charge is 2.21. The zero-order chi connectivity index (χ0) is 16.8. The quantitative estimate of drug-likeness (QED) is 0.793. The topological polar surface area (TPSA) is 68.2 Å². The Morgan fingerprint density at radius 2 is 2.00 bits per heavy atom. The summed E-state index contributed by atoms with van der Waals surface area (Å²) in [6, 6.07) is 5.54. The molecule has 24 heavy (non-hydrogen) atoms. The summed E-state index contributed by atoms with van der Waals surface area (Å²) < 4.78 is 20.0. The predicted octanol–water partition coefficient (Wildman–Crippen LogP) is 1.75. The predicted molar refractivity (Wildman–Crippen MR) is 91.4 cm³/mol. The third-order valence-electron chi connectivity index (χ3n) is 3.60. The third-order valence-corrected chi connectivity index (χ3v) is 3.60. The fraction of sp³-hybridized carbons (Fsp3) is 0.375. The van der Waals surface area contributed by atoms with Crippen molar-refractivity contribution in [2.75, 3.05) is 20.7 Å². The molecule has 1 aromatic carbocycles. The fourth-order valence-corrected chi connectivity index (χ4v) is 2.35. The molecular formula is C16H22ClFN4O2. The molecule has 0 bridgehead atoms. The zero-order valence-electron chi connectivity index (χ0n) is 13.8. The van der Waals surface area contributed by atoms with Gasteiger partial charge in [0.25, 0.3) is 0 Å². The molecule has 2 unspecified atom stereocenters. The van der Waals surface area contributed by atoms with E-state index >= 15 is 0 Å². The van der Waals surface area contributed by atoms with Crippen LogP contribution in [-0.2, 0) is 16.6 Å². The van der Waals surface area contributed by atoms with E-state index in [0.717, 1.165) is 11.1 Å². The minimum atomic E-state index is -0.491. The van der Waals surface area contributed by atoms with Crippen molar-refractivity contribution >= 4 is 18.3 Å². The number of aryl methyl sites for hydroxylation is 1. The molecule has 0 radical (unpaired) electrons. The number of amides is 1. The molecule has 0 saturated carbocycles. The smallest absolute Gasteiger partial charge is 0.241 e. The number of likely N-dealkylation sites (N-methyl/N-ethyl adjacent to an activating group) is 1. The Bertz CT molecular complexity index is 648. The van der Waals surface area contributed by atoms with Crippen molar-refractivity contribution in [3.05, 3.63) is 53.6 Å². The fourth-order valence-electron chi connectivity index (χ4n) is 2.35. The maximum atomic E-state index is 13.0. The van der Waals surface area contributed by atoms with Crippen molar-refractivity contribution in [3.8, 4) is 0 Å². The van der Waals surface area contributed by atoms with Gasteiger partial charge in [-0.1, -0.05) is 12.1 Å². The van der Waals surface area contributed by atoms with E-state index in [-0.39, 0.29) is 30.2 Å². The van der Waals surface area contributed by atoms with Gasteiger partial charge in [-0.25, -0.2) is 4.39 Å². The van der Waals surface area contributed by atoms with Gasteiger partial charge in [0.15, 0.2) is 0 Å². The Morgan fingerprint density at radius 3 is 2.50 bits per heavy atom. The van der Waals surface area contributed by atoms with Gasteiger partial charge in [0.05, 0.1) is 12.3 Å². The van der Waals surface area contributed by atoms with Gasteiger partial charge in [0, 0.05) is 32.5 Å². The molecule has 2 N–H and O–H groups in total. The largest absolute Gasteiger partial charge is 0.375 e. The van der Waals surface area contributed by atoms with E-state index < -0.39 is 6.04 Å². The summed E-state index contributed by atoms with van der Waals surface area (Å²) in [6.07, 6.45) is 3.09. The molecule has 2 atom stereocenters. The molecule has 0 spiro atoms. The first-order valence-corrected chi connectivity index (χ1v) is 7.27. The van der Waals surface area contributed by atoms with Crippen LogP contribution in [0.15, 0.2) is 36.7 Å². The Labute approximate surface area is 146 Å². The maximum Gasteiger partial charge on any atom is 0.241 e. The number of benzene rings is 1. The number of carbonyl (C=O) groups excluding carboxylic acids is 1. The minimum absolute atomic E-state index is 0. The molecule has 0 aliphatic rings. The van der Waals surface area contributed by atoms with Gasteiger partial charge in [-0.05, 0) is 24.7 Å². The van der Waals surface area contributed by atoms with E-state index in [4.69, 9.17) is 4.74 Å². The van der Waals surface area contributed by atoms with E-state index in [1.165, 1.54) is 12.1 Å². The van der Waals surface area contributed by atoms with Gasteiger partial charge in [-0.3, -0.25) is 9.48 Å². The number of aromatic nitrogens is 2. The molecular weight excluding hydrogens is 335 g/mol. The highest BCUT2D eigenvalue weighted by atomic mass is 35.5. The Balaban J connectivity index is 0.00000288. The summed E-state index contributed by atoms with van der Waals surface area (Å²) in [5.74, 6) is -0.482. The second-order valence-corrected chi connectivity index (χ2v) is 5.19. The van der Waals surface area contributed by atoms with Gasteiger partial charge >= 0.3 is 0 Å². The van der Waals surface area contributed by atoms with Crippen LogP contribution in [0.25, 0.3) is 0 Å². The summed E-state index contributed by atoms with van der Waals surface area (Å²) in [4.78, 5) is 12.4. The summed E-state index contributed by atoms with van der Waals surface area (Å²) in [7, 11) is 5.06. The molecule has 0 saturated heterocycles. The molecule has 1 heterocycles. The average Bonchev–Trinajstić information content (AvgIpc) is 2.96. The summed E-state index contributed by atoms with van der Waals surface area (Å²) >= 11 is 0. The van der Waals surface area contributed by atoms with Gasteiger partial charge in [0.2, 0.25) is 5.91 Å². The first kappa shape index (κ1) is 20.1. The molecule has 8 heteroatoms. The SMILES string of the molecule is CNC(C(=O)NCC(OC)c1ccc(F)cc1)c1cnn(C)c1.Cl. The molecule has 0 aliphatic heterocycles. The molecule has 2 aromatic rings. The van der Waals surface area contributed by atoms with Crippen molar-refractivity contribution in [2.24, 2.45) is 7.05 Å². The molecule has 2 rings (SSSR count). The van der Waals surface area contributed by atoms with Crippen molar-refractivity contribution in [3.63, 3.8) is 0 Å². The van der Waals surface area contributed by atoms with Gasteiger partial charge in [0.1, 0.15) is 11.9 Å². The van der Waals surface area contributed by atoms with Crippen molar-refractivity contribution in [1.82, 2.24) is 20.4 Å². The molecule has 1 aromatic heterocycles. The highest BCUT2D eigenvalue weighted by molar-refractivity contribution is 5.85. The zero-order valence-corrected chi connectivity index (χ0v) is 14.6. The first-order chi connectivity index (χ1) is 11.0. The van der Waals surface area contributed by atoms with E-state index in [9.17, 15) is 9.18 Å². The van der Waals surface area contributed by atoms with Crippen LogP contribution < -0.4 is 10.6 Å². The molecule has 132 valence electrons. The molecule has 0 fully saturated rings. The van der Waals surface area contributed by atoms with E-state index in [1.54, 1.807) is 50.4 Å². The van der Waals surface area contributed by atoms with Crippen LogP contribution in [0.4, 0.5) is 4.39 Å². The summed E-state index contributed by atoms with van der Waals surface area (Å²) in [5, 5.41) is 9.88. The number of hydrogen-bond acceptors (Lipinski definition) is 4. The van der Waals surface area contributed by atoms with Gasteiger partial charge in [-0.15, -0.1) is 12.4 Å². The van der Waals surface area contributed by atoms with E-state index in [1.807, 2.05) is 0 Å². The lowest BCUT2D eigenvalue weighted by Crippen LogP contribution is -2.38. The number of ether oxygens (including phenoxy) is 1. The normalized spacial score (nSPS) is 13.0.